The van der Waals surface area contributed by atoms with Crippen molar-refractivity contribution in [2.75, 3.05) is 0 Å². The summed E-state index contributed by atoms with van der Waals surface area (Å²) < 4.78 is 0. The number of aromatic carboxylic acids is 1. The van der Waals surface area contributed by atoms with Crippen molar-refractivity contribution >= 4 is 23.4 Å². The fourth-order valence-corrected chi connectivity index (χ4v) is 2.26. The number of hydrogen-bond donors (Lipinski definition) is 1. The fourth-order valence-electron chi connectivity index (χ4n) is 1.39. The molecule has 0 saturated carbocycles. The van der Waals surface area contributed by atoms with Crippen LogP contribution in [0.1, 0.15) is 10.4 Å². The van der Waals surface area contributed by atoms with Crippen LogP contribution in [0.25, 0.3) is 0 Å². The lowest BCUT2D eigenvalue weighted by atomic mass is 10.2. The Morgan fingerprint density at radius 3 is 2.58 bits per heavy atom. The van der Waals surface area contributed by atoms with Crippen LogP contribution in [-0.4, -0.2) is 21.0 Å². The lowest BCUT2D eigenvalue weighted by molar-refractivity contribution is -0.385. The molecule has 0 spiro atoms. The van der Waals surface area contributed by atoms with E-state index in [1.807, 2.05) is 0 Å². The molecule has 1 heterocycles. The van der Waals surface area contributed by atoms with Crippen LogP contribution in [0.3, 0.4) is 0 Å². The van der Waals surface area contributed by atoms with E-state index in [1.54, 1.807) is 18.2 Å². The Morgan fingerprint density at radius 1 is 1.26 bits per heavy atom. The van der Waals surface area contributed by atoms with E-state index < -0.39 is 10.9 Å². The van der Waals surface area contributed by atoms with Crippen LogP contribution in [0.4, 0.5) is 5.69 Å². The Morgan fingerprint density at radius 2 is 2.00 bits per heavy atom. The molecule has 0 atom stereocenters. The molecule has 0 amide bonds. The summed E-state index contributed by atoms with van der Waals surface area (Å²) in [5.74, 6) is -1.02. The zero-order valence-electron chi connectivity index (χ0n) is 9.52. The largest absolute Gasteiger partial charge is 0.478 e. The summed E-state index contributed by atoms with van der Waals surface area (Å²) in [6, 6.07) is 9.34. The third-order valence-corrected chi connectivity index (χ3v) is 3.29. The van der Waals surface area contributed by atoms with E-state index in [2.05, 4.69) is 4.98 Å². The molecule has 0 aliphatic rings. The number of hydrogen-bond acceptors (Lipinski definition) is 5. The zero-order valence-corrected chi connectivity index (χ0v) is 10.3. The van der Waals surface area contributed by atoms with E-state index in [9.17, 15) is 14.9 Å². The molecule has 0 aliphatic carbocycles. The van der Waals surface area contributed by atoms with Gasteiger partial charge < -0.3 is 5.11 Å². The number of rotatable bonds is 4. The van der Waals surface area contributed by atoms with Gasteiger partial charge in [-0.2, -0.15) is 0 Å². The Hall–Kier alpha value is -2.41. The molecule has 0 bridgehead atoms. The van der Waals surface area contributed by atoms with Gasteiger partial charge in [-0.25, -0.2) is 9.78 Å². The topological polar surface area (TPSA) is 93.3 Å². The van der Waals surface area contributed by atoms with Gasteiger partial charge in [0.15, 0.2) is 0 Å². The number of aromatic nitrogens is 1. The number of nitro groups is 1. The molecule has 7 heteroatoms. The molecule has 0 unspecified atom stereocenters. The first-order valence-corrected chi connectivity index (χ1v) is 6.00. The minimum atomic E-state index is -1.02. The molecule has 2 aromatic rings. The Kier molecular flexibility index (Phi) is 3.76. The fraction of sp³-hybridized carbons (Fsp3) is 0. The summed E-state index contributed by atoms with van der Waals surface area (Å²) in [5.41, 5.74) is 0.0727. The van der Waals surface area contributed by atoms with Gasteiger partial charge in [-0.15, -0.1) is 0 Å². The van der Waals surface area contributed by atoms with E-state index in [0.717, 1.165) is 18.0 Å². The summed E-state index contributed by atoms with van der Waals surface area (Å²) in [6.45, 7) is 0. The van der Waals surface area contributed by atoms with Gasteiger partial charge in [0.25, 0.3) is 5.69 Å². The highest BCUT2D eigenvalue weighted by atomic mass is 32.2. The third-order valence-electron chi connectivity index (χ3n) is 2.26. The van der Waals surface area contributed by atoms with Crippen molar-refractivity contribution in [1.82, 2.24) is 4.98 Å². The molecule has 0 aliphatic heterocycles. The van der Waals surface area contributed by atoms with Crippen molar-refractivity contribution in [1.29, 1.82) is 0 Å². The number of nitrogens with zero attached hydrogens (tertiary/aromatic N) is 2. The predicted octanol–water partition coefficient (Wildman–Crippen LogP) is 2.84. The Balaban J connectivity index is 2.26. The van der Waals surface area contributed by atoms with Crippen LogP contribution in [0.15, 0.2) is 52.5 Å². The van der Waals surface area contributed by atoms with Gasteiger partial charge in [-0.1, -0.05) is 23.9 Å². The monoisotopic (exact) mass is 276 g/mol. The molecule has 0 radical (unpaired) electrons. The summed E-state index contributed by atoms with van der Waals surface area (Å²) in [4.78, 5) is 25.5. The minimum Gasteiger partial charge on any atom is -0.478 e. The van der Waals surface area contributed by atoms with Crippen LogP contribution in [0.5, 0.6) is 0 Å². The normalized spacial score (nSPS) is 10.1. The average Bonchev–Trinajstić information content (AvgIpc) is 2.39. The van der Waals surface area contributed by atoms with E-state index >= 15 is 0 Å². The highest BCUT2D eigenvalue weighted by Gasteiger charge is 2.12. The van der Waals surface area contributed by atoms with Crippen molar-refractivity contribution in [3.63, 3.8) is 0 Å². The SMILES string of the molecule is O=C(O)c1ccccc1Sc1ccc([N+](=O)[O-])cn1. The molecular formula is C12H8N2O4S. The summed E-state index contributed by atoms with van der Waals surface area (Å²) >= 11 is 1.15. The molecule has 0 fully saturated rings. The van der Waals surface area contributed by atoms with Crippen LogP contribution in [0.2, 0.25) is 0 Å². The first-order valence-electron chi connectivity index (χ1n) is 5.18. The molecule has 0 saturated heterocycles. The maximum Gasteiger partial charge on any atom is 0.336 e. The van der Waals surface area contributed by atoms with Gasteiger partial charge in [0.2, 0.25) is 0 Å². The molecule has 6 nitrogen and oxygen atoms in total. The molecule has 19 heavy (non-hydrogen) atoms. The molecule has 1 N–H and O–H groups in total. The first kappa shape index (κ1) is 13.0. The number of carboxylic acids is 1. The van der Waals surface area contributed by atoms with E-state index in [-0.39, 0.29) is 11.3 Å². The van der Waals surface area contributed by atoms with Crippen molar-refractivity contribution < 1.29 is 14.8 Å². The highest BCUT2D eigenvalue weighted by molar-refractivity contribution is 7.99. The maximum atomic E-state index is 11.0. The second-order valence-corrected chi connectivity index (χ2v) is 4.58. The first-order chi connectivity index (χ1) is 9.08. The van der Waals surface area contributed by atoms with Gasteiger partial charge in [0.05, 0.1) is 10.5 Å². The number of carboxylic acid groups (broad SMARTS) is 1. The number of pyridine rings is 1. The van der Waals surface area contributed by atoms with E-state index in [1.165, 1.54) is 18.2 Å². The lowest BCUT2D eigenvalue weighted by Crippen LogP contribution is -1.98. The standard InChI is InChI=1S/C12H8N2O4S/c15-12(16)9-3-1-2-4-10(9)19-11-6-5-8(7-13-11)14(17)18/h1-7H,(H,15,16). The van der Waals surface area contributed by atoms with Crippen LogP contribution in [0, 0.1) is 10.1 Å². The van der Waals surface area contributed by atoms with Crippen molar-refractivity contribution in [2.24, 2.45) is 0 Å². The predicted molar refractivity (Wildman–Crippen MR) is 68.4 cm³/mol. The summed E-state index contributed by atoms with van der Waals surface area (Å²) in [7, 11) is 0. The minimum absolute atomic E-state index is 0.101. The lowest BCUT2D eigenvalue weighted by Gasteiger charge is -2.04. The second kappa shape index (κ2) is 5.49. The quantitative estimate of drug-likeness (QED) is 0.681. The van der Waals surface area contributed by atoms with Gasteiger partial charge in [-0.3, -0.25) is 10.1 Å². The zero-order chi connectivity index (χ0) is 13.8. The molecule has 2 rings (SSSR count). The van der Waals surface area contributed by atoms with Crippen LogP contribution in [-0.2, 0) is 0 Å². The van der Waals surface area contributed by atoms with Gasteiger partial charge in [0, 0.05) is 11.0 Å². The van der Waals surface area contributed by atoms with Gasteiger partial charge >= 0.3 is 5.97 Å². The number of benzene rings is 1. The second-order valence-electron chi connectivity index (χ2n) is 3.52. The third kappa shape index (κ3) is 3.08. The van der Waals surface area contributed by atoms with Crippen LogP contribution >= 0.6 is 11.8 Å². The van der Waals surface area contributed by atoms with Crippen molar-refractivity contribution in [3.8, 4) is 0 Å². The van der Waals surface area contributed by atoms with Gasteiger partial charge in [-0.05, 0) is 18.2 Å². The van der Waals surface area contributed by atoms with Crippen molar-refractivity contribution in [3.05, 3.63) is 58.3 Å². The molecular weight excluding hydrogens is 268 g/mol. The molecule has 1 aromatic carbocycles. The number of carbonyl (C=O) groups is 1. The van der Waals surface area contributed by atoms with Crippen LogP contribution < -0.4 is 0 Å². The Labute approximate surface area is 112 Å². The Bertz CT molecular complexity index is 628. The molecule has 1 aromatic heterocycles. The van der Waals surface area contributed by atoms with E-state index in [4.69, 9.17) is 5.11 Å². The average molecular weight is 276 g/mol. The van der Waals surface area contributed by atoms with E-state index in [0.29, 0.717) is 9.92 Å². The smallest absolute Gasteiger partial charge is 0.336 e. The van der Waals surface area contributed by atoms with Gasteiger partial charge in [0.1, 0.15) is 11.2 Å². The summed E-state index contributed by atoms with van der Waals surface area (Å²) in [6.07, 6.45) is 1.14. The van der Waals surface area contributed by atoms with Crippen molar-refractivity contribution in [2.45, 2.75) is 9.92 Å². The highest BCUT2D eigenvalue weighted by Crippen LogP contribution is 2.29. The summed E-state index contributed by atoms with van der Waals surface area (Å²) in [5, 5.41) is 20.0. The maximum absolute atomic E-state index is 11.0. The molecule has 96 valence electrons.